The summed E-state index contributed by atoms with van der Waals surface area (Å²) in [6.45, 7) is 3.28. The van der Waals surface area contributed by atoms with Gasteiger partial charge in [-0.15, -0.1) is 0 Å². The molecule has 1 aliphatic rings. The lowest BCUT2D eigenvalue weighted by Crippen LogP contribution is -2.43. The summed E-state index contributed by atoms with van der Waals surface area (Å²) in [5, 5.41) is 10.0. The van der Waals surface area contributed by atoms with Gasteiger partial charge in [0.25, 0.3) is 0 Å². The van der Waals surface area contributed by atoms with E-state index < -0.39 is 5.41 Å². The predicted octanol–water partition coefficient (Wildman–Crippen LogP) is 1.53. The molecule has 0 bridgehead atoms. The summed E-state index contributed by atoms with van der Waals surface area (Å²) in [4.78, 5) is 23.0. The fourth-order valence-electron chi connectivity index (χ4n) is 1.42. The van der Waals surface area contributed by atoms with Crippen LogP contribution in [0.1, 0.15) is 26.7 Å². The van der Waals surface area contributed by atoms with Crippen LogP contribution < -0.4 is 0 Å². The second-order valence-electron chi connectivity index (χ2n) is 3.65. The van der Waals surface area contributed by atoms with E-state index in [0.29, 0.717) is 12.8 Å². The third kappa shape index (κ3) is 1.75. The number of carbonyl (C=O) groups is 2. The first-order valence-electron chi connectivity index (χ1n) is 4.12. The smallest absolute Gasteiger partial charge is 0.159 e. The maximum absolute atomic E-state index is 11.7. The monoisotopic (exact) mass is 197 g/mol. The van der Waals surface area contributed by atoms with E-state index in [0.717, 1.165) is 11.8 Å². The van der Waals surface area contributed by atoms with Crippen LogP contribution in [0.25, 0.3) is 0 Å². The first-order valence-corrected chi connectivity index (χ1v) is 5.00. The number of carbonyl (C=O) groups excluding carboxylic acids is 2. The molecular weight excluding hydrogens is 186 g/mol. The van der Waals surface area contributed by atoms with Gasteiger partial charge in [-0.1, -0.05) is 0 Å². The van der Waals surface area contributed by atoms with Crippen LogP contribution in [0.15, 0.2) is 0 Å². The Hall–Kier alpha value is -0.820. The van der Waals surface area contributed by atoms with Crippen molar-refractivity contribution in [3.8, 4) is 5.40 Å². The van der Waals surface area contributed by atoms with Crippen molar-refractivity contribution >= 4 is 23.3 Å². The van der Waals surface area contributed by atoms with Gasteiger partial charge in [-0.05, 0) is 32.0 Å². The van der Waals surface area contributed by atoms with Crippen molar-refractivity contribution in [2.75, 3.05) is 0 Å². The van der Waals surface area contributed by atoms with E-state index in [1.807, 2.05) is 5.40 Å². The van der Waals surface area contributed by atoms with Gasteiger partial charge >= 0.3 is 0 Å². The molecule has 0 saturated heterocycles. The molecule has 0 radical (unpaired) electrons. The Kier molecular flexibility index (Phi) is 2.77. The van der Waals surface area contributed by atoms with Crippen molar-refractivity contribution in [1.29, 1.82) is 5.26 Å². The zero-order valence-corrected chi connectivity index (χ0v) is 8.48. The molecule has 0 aromatic heterocycles. The molecule has 0 aromatic carbocycles. The Morgan fingerprint density at radius 2 is 2.15 bits per heavy atom. The standard InChI is InChI=1S/C9H11NO2S/c1-9(2)7(11)4-3-6(8(9)12)13-5-10/h6H,3-4H2,1-2H3. The fraction of sp³-hybridized carbons (Fsp3) is 0.667. The van der Waals surface area contributed by atoms with Gasteiger partial charge in [0.15, 0.2) is 5.78 Å². The van der Waals surface area contributed by atoms with E-state index in [-0.39, 0.29) is 16.8 Å². The maximum atomic E-state index is 11.7. The Morgan fingerprint density at radius 3 is 2.69 bits per heavy atom. The highest BCUT2D eigenvalue weighted by molar-refractivity contribution is 8.05. The SMILES string of the molecule is CC1(C)C(=O)CCC(SC#N)C1=O. The van der Waals surface area contributed by atoms with Gasteiger partial charge in [-0.25, -0.2) is 0 Å². The molecule has 0 aliphatic heterocycles. The zero-order valence-electron chi connectivity index (χ0n) is 7.66. The van der Waals surface area contributed by atoms with Gasteiger partial charge in [-0.3, -0.25) is 9.59 Å². The summed E-state index contributed by atoms with van der Waals surface area (Å²) < 4.78 is 0. The van der Waals surface area contributed by atoms with Crippen molar-refractivity contribution in [2.24, 2.45) is 5.41 Å². The van der Waals surface area contributed by atoms with E-state index >= 15 is 0 Å². The second kappa shape index (κ2) is 3.51. The minimum absolute atomic E-state index is 0.00714. The summed E-state index contributed by atoms with van der Waals surface area (Å²) in [5.41, 5.74) is -0.882. The first kappa shape index (κ1) is 10.3. The van der Waals surface area contributed by atoms with Crippen molar-refractivity contribution in [3.63, 3.8) is 0 Å². The van der Waals surface area contributed by atoms with Gasteiger partial charge in [-0.2, -0.15) is 5.26 Å². The molecular formula is C9H11NO2S. The van der Waals surface area contributed by atoms with Crippen LogP contribution in [-0.4, -0.2) is 16.8 Å². The first-order chi connectivity index (χ1) is 6.00. The average Bonchev–Trinajstić information content (AvgIpc) is 2.08. The molecule has 0 N–H and O–H groups in total. The topological polar surface area (TPSA) is 57.9 Å². The number of hydrogen-bond acceptors (Lipinski definition) is 4. The lowest BCUT2D eigenvalue weighted by molar-refractivity contribution is -0.141. The maximum Gasteiger partial charge on any atom is 0.159 e. The van der Waals surface area contributed by atoms with E-state index in [2.05, 4.69) is 0 Å². The number of Topliss-reactive ketones (excluding diaryl/α,β-unsaturated/α-hetero) is 2. The minimum atomic E-state index is -0.882. The summed E-state index contributed by atoms with van der Waals surface area (Å²) in [6, 6.07) is 0. The third-order valence-electron chi connectivity index (χ3n) is 2.43. The van der Waals surface area contributed by atoms with E-state index in [4.69, 9.17) is 5.26 Å². The van der Waals surface area contributed by atoms with Crippen molar-refractivity contribution in [2.45, 2.75) is 31.9 Å². The van der Waals surface area contributed by atoms with Gasteiger partial charge in [0, 0.05) is 6.42 Å². The van der Waals surface area contributed by atoms with Crippen molar-refractivity contribution in [1.82, 2.24) is 0 Å². The highest BCUT2D eigenvalue weighted by atomic mass is 32.2. The molecule has 1 fully saturated rings. The van der Waals surface area contributed by atoms with Crippen LogP contribution in [0, 0.1) is 16.1 Å². The Labute approximate surface area is 81.5 Å². The summed E-state index contributed by atoms with van der Waals surface area (Å²) >= 11 is 0.968. The van der Waals surface area contributed by atoms with Gasteiger partial charge in [0.2, 0.25) is 0 Å². The highest BCUT2D eigenvalue weighted by Gasteiger charge is 2.43. The second-order valence-corrected chi connectivity index (χ2v) is 4.64. The van der Waals surface area contributed by atoms with E-state index in [9.17, 15) is 9.59 Å². The summed E-state index contributed by atoms with van der Waals surface area (Å²) in [5.74, 6) is -0.109. The number of thioether (sulfide) groups is 1. The summed E-state index contributed by atoms with van der Waals surface area (Å²) in [7, 11) is 0. The zero-order chi connectivity index (χ0) is 10.1. The van der Waals surface area contributed by atoms with E-state index in [1.54, 1.807) is 13.8 Å². The largest absolute Gasteiger partial charge is 0.299 e. The quantitative estimate of drug-likeness (QED) is 0.472. The Morgan fingerprint density at radius 1 is 1.54 bits per heavy atom. The number of nitrogens with zero attached hydrogens (tertiary/aromatic N) is 1. The van der Waals surface area contributed by atoms with Gasteiger partial charge in [0.1, 0.15) is 11.2 Å². The molecule has 0 spiro atoms. The van der Waals surface area contributed by atoms with Crippen LogP contribution in [0.4, 0.5) is 0 Å². The van der Waals surface area contributed by atoms with Gasteiger partial charge in [0.05, 0.1) is 10.7 Å². The molecule has 4 heteroatoms. The summed E-state index contributed by atoms with van der Waals surface area (Å²) in [6.07, 6.45) is 0.928. The Bertz CT molecular complexity index is 290. The normalized spacial score (nSPS) is 27.0. The third-order valence-corrected chi connectivity index (χ3v) is 3.27. The molecule has 1 saturated carbocycles. The van der Waals surface area contributed by atoms with Gasteiger partial charge < -0.3 is 0 Å². The fourth-order valence-corrected chi connectivity index (χ4v) is 2.19. The van der Waals surface area contributed by atoms with Crippen molar-refractivity contribution < 1.29 is 9.59 Å². The molecule has 1 aliphatic carbocycles. The molecule has 13 heavy (non-hydrogen) atoms. The average molecular weight is 197 g/mol. The number of rotatable bonds is 1. The molecule has 0 heterocycles. The molecule has 70 valence electrons. The molecule has 1 rings (SSSR count). The van der Waals surface area contributed by atoms with Crippen LogP contribution in [-0.2, 0) is 9.59 Å². The molecule has 3 nitrogen and oxygen atoms in total. The van der Waals surface area contributed by atoms with Crippen LogP contribution in [0.2, 0.25) is 0 Å². The van der Waals surface area contributed by atoms with E-state index in [1.165, 1.54) is 0 Å². The van der Waals surface area contributed by atoms with Crippen LogP contribution >= 0.6 is 11.8 Å². The lowest BCUT2D eigenvalue weighted by Gasteiger charge is -2.30. The minimum Gasteiger partial charge on any atom is -0.299 e. The molecule has 0 aromatic rings. The number of nitriles is 1. The Balaban J connectivity index is 2.84. The predicted molar refractivity (Wildman–Crippen MR) is 50.0 cm³/mol. The van der Waals surface area contributed by atoms with Crippen LogP contribution in [0.5, 0.6) is 0 Å². The van der Waals surface area contributed by atoms with Crippen molar-refractivity contribution in [3.05, 3.63) is 0 Å². The molecule has 0 amide bonds. The molecule has 1 unspecified atom stereocenters. The lowest BCUT2D eigenvalue weighted by atomic mass is 9.75. The highest BCUT2D eigenvalue weighted by Crippen LogP contribution is 2.34. The van der Waals surface area contributed by atoms with Crippen LogP contribution in [0.3, 0.4) is 0 Å². The molecule has 1 atom stereocenters. The number of hydrogen-bond donors (Lipinski definition) is 0. The number of ketones is 2. The number of thiocyanates is 1.